The Balaban J connectivity index is 1.93. The molecule has 2 aromatic rings. The van der Waals surface area contributed by atoms with E-state index in [1.54, 1.807) is 19.1 Å². The highest BCUT2D eigenvalue weighted by Gasteiger charge is 2.26. The Hall–Kier alpha value is -2.69. The molecule has 0 saturated heterocycles. The van der Waals surface area contributed by atoms with Crippen LogP contribution in [0.4, 0.5) is 10.1 Å². The summed E-state index contributed by atoms with van der Waals surface area (Å²) >= 11 is 0. The topological polar surface area (TPSA) is 97.0 Å². The van der Waals surface area contributed by atoms with E-state index in [4.69, 9.17) is 9.47 Å². The van der Waals surface area contributed by atoms with Crippen LogP contribution in [0.1, 0.15) is 24.2 Å². The van der Waals surface area contributed by atoms with Gasteiger partial charge in [-0.2, -0.15) is 0 Å². The summed E-state index contributed by atoms with van der Waals surface area (Å²) in [4.78, 5) is 14.2. The molecule has 0 aromatic heterocycles. The number of rotatable bonds is 4. The summed E-state index contributed by atoms with van der Waals surface area (Å²) in [7, 11) is -0.860. The number of carbonyl (C=O) groups is 1. The zero-order valence-electron chi connectivity index (χ0n) is 19.2. The van der Waals surface area contributed by atoms with Crippen molar-refractivity contribution < 1.29 is 27.1 Å². The average molecular weight is 480 g/mol. The van der Waals surface area contributed by atoms with Gasteiger partial charge in [-0.15, -0.1) is 0 Å². The van der Waals surface area contributed by atoms with Gasteiger partial charge in [0, 0.05) is 39.4 Å². The fourth-order valence-electron chi connectivity index (χ4n) is 3.59. The molecular weight excluding hydrogens is 449 g/mol. The number of carbonyl (C=O) groups excluding carboxylic acids is 1. The lowest BCUT2D eigenvalue weighted by atomic mass is 10.0. The van der Waals surface area contributed by atoms with Crippen molar-refractivity contribution in [3.63, 3.8) is 0 Å². The van der Waals surface area contributed by atoms with Crippen molar-refractivity contribution in [3.8, 4) is 5.75 Å². The molecule has 0 aliphatic carbocycles. The Labute approximate surface area is 194 Å². The SMILES string of the molecule is CO[C@H]1CN(C)C(=O)c2ccc(NS(=O)(=O)c3ccccc3F)cc2OC[C@@H](C)NC[C@@H]1C. The van der Waals surface area contributed by atoms with Crippen LogP contribution in [0.3, 0.4) is 0 Å². The third-order valence-electron chi connectivity index (χ3n) is 5.61. The van der Waals surface area contributed by atoms with E-state index in [9.17, 15) is 17.6 Å². The molecule has 3 atom stereocenters. The van der Waals surface area contributed by atoms with Crippen molar-refractivity contribution in [3.05, 3.63) is 53.8 Å². The standard InChI is InChI=1S/C23H30FN3O5S/c1-15-12-25-16(2)14-32-20-11-17(26-33(29,30)22-8-6-5-7-19(22)24)9-10-18(20)23(28)27(3)13-21(15)31-4/h5-11,15-16,21,25-26H,12-14H2,1-4H3/t15-,16+,21-/m0/s1. The number of ether oxygens (including phenoxy) is 2. The van der Waals surface area contributed by atoms with Crippen molar-refractivity contribution in [2.45, 2.75) is 30.9 Å². The minimum atomic E-state index is -4.17. The number of nitrogens with one attached hydrogen (secondary N) is 2. The Kier molecular flexibility index (Phi) is 7.93. The van der Waals surface area contributed by atoms with Crippen LogP contribution in [0.25, 0.3) is 0 Å². The predicted molar refractivity (Wildman–Crippen MR) is 124 cm³/mol. The van der Waals surface area contributed by atoms with E-state index < -0.39 is 20.7 Å². The highest BCUT2D eigenvalue weighted by molar-refractivity contribution is 7.92. The molecule has 2 N–H and O–H groups in total. The number of hydrogen-bond donors (Lipinski definition) is 2. The van der Waals surface area contributed by atoms with Crippen LogP contribution >= 0.6 is 0 Å². The normalized spacial score (nSPS) is 22.5. The van der Waals surface area contributed by atoms with Gasteiger partial charge in [-0.1, -0.05) is 19.1 Å². The van der Waals surface area contributed by atoms with Gasteiger partial charge in [0.25, 0.3) is 15.9 Å². The van der Waals surface area contributed by atoms with Gasteiger partial charge in [-0.3, -0.25) is 9.52 Å². The molecule has 3 rings (SSSR count). The smallest absolute Gasteiger partial charge is 0.264 e. The first-order valence-corrected chi connectivity index (χ1v) is 12.2. The molecule has 0 radical (unpaired) electrons. The van der Waals surface area contributed by atoms with Gasteiger partial charge in [-0.05, 0) is 37.1 Å². The lowest BCUT2D eigenvalue weighted by molar-refractivity contribution is 0.0281. The number of amides is 1. The zero-order valence-corrected chi connectivity index (χ0v) is 20.0. The predicted octanol–water partition coefficient (Wildman–Crippen LogP) is 2.72. The molecule has 0 fully saturated rings. The third kappa shape index (κ3) is 6.01. The van der Waals surface area contributed by atoms with E-state index in [1.807, 2.05) is 6.92 Å². The van der Waals surface area contributed by atoms with Crippen LogP contribution < -0.4 is 14.8 Å². The van der Waals surface area contributed by atoms with E-state index in [2.05, 4.69) is 17.0 Å². The van der Waals surface area contributed by atoms with Crippen LogP contribution in [0.5, 0.6) is 5.75 Å². The van der Waals surface area contributed by atoms with E-state index in [-0.39, 0.29) is 42.0 Å². The van der Waals surface area contributed by atoms with Gasteiger partial charge in [0.1, 0.15) is 23.1 Å². The highest BCUT2D eigenvalue weighted by Crippen LogP contribution is 2.28. The summed E-state index contributed by atoms with van der Waals surface area (Å²) in [5, 5.41) is 3.39. The number of likely N-dealkylation sites (N-methyl/N-ethyl adjacent to an activating group) is 1. The van der Waals surface area contributed by atoms with E-state index >= 15 is 0 Å². The van der Waals surface area contributed by atoms with Crippen molar-refractivity contribution in [2.24, 2.45) is 5.92 Å². The molecular formula is C23H30FN3O5S. The van der Waals surface area contributed by atoms with Gasteiger partial charge < -0.3 is 19.7 Å². The van der Waals surface area contributed by atoms with Gasteiger partial charge in [0.15, 0.2) is 0 Å². The van der Waals surface area contributed by atoms with Crippen LogP contribution in [-0.4, -0.2) is 65.2 Å². The van der Waals surface area contributed by atoms with Crippen molar-refractivity contribution in [2.75, 3.05) is 38.6 Å². The van der Waals surface area contributed by atoms with Crippen LogP contribution in [-0.2, 0) is 14.8 Å². The monoisotopic (exact) mass is 479 g/mol. The number of methoxy groups -OCH3 is 1. The first-order chi connectivity index (χ1) is 15.6. The van der Waals surface area contributed by atoms with Crippen LogP contribution in [0, 0.1) is 11.7 Å². The maximum absolute atomic E-state index is 14.0. The number of hydrogen-bond acceptors (Lipinski definition) is 6. The number of sulfonamides is 1. The summed E-state index contributed by atoms with van der Waals surface area (Å²) in [6, 6.07) is 9.48. The number of benzene rings is 2. The summed E-state index contributed by atoms with van der Waals surface area (Å²) in [6.07, 6.45) is -0.158. The number of anilines is 1. The molecule has 10 heteroatoms. The molecule has 8 nitrogen and oxygen atoms in total. The maximum Gasteiger partial charge on any atom is 0.264 e. The summed E-state index contributed by atoms with van der Waals surface area (Å²) in [5.74, 6) is -0.728. The Bertz CT molecular complexity index is 1100. The zero-order chi connectivity index (χ0) is 24.2. The third-order valence-corrected chi connectivity index (χ3v) is 7.02. The van der Waals surface area contributed by atoms with Gasteiger partial charge in [0.05, 0.1) is 17.4 Å². The Morgan fingerprint density at radius 1 is 1.21 bits per heavy atom. The summed E-state index contributed by atoms with van der Waals surface area (Å²) < 4.78 is 53.3. The second-order valence-corrected chi connectivity index (χ2v) is 9.96. The van der Waals surface area contributed by atoms with Gasteiger partial charge >= 0.3 is 0 Å². The van der Waals surface area contributed by atoms with Crippen molar-refractivity contribution in [1.82, 2.24) is 10.2 Å². The molecule has 1 amide bonds. The quantitative estimate of drug-likeness (QED) is 0.700. The maximum atomic E-state index is 14.0. The van der Waals surface area contributed by atoms with E-state index in [1.165, 1.54) is 36.4 Å². The Morgan fingerprint density at radius 3 is 2.64 bits per heavy atom. The first kappa shape index (κ1) is 24.9. The van der Waals surface area contributed by atoms with Crippen LogP contribution in [0.2, 0.25) is 0 Å². The van der Waals surface area contributed by atoms with E-state index in [0.29, 0.717) is 18.7 Å². The molecule has 0 saturated carbocycles. The van der Waals surface area contributed by atoms with Gasteiger partial charge in [-0.25, -0.2) is 12.8 Å². The minimum Gasteiger partial charge on any atom is -0.491 e. The van der Waals surface area contributed by atoms with Crippen molar-refractivity contribution in [1.29, 1.82) is 0 Å². The first-order valence-electron chi connectivity index (χ1n) is 10.7. The lowest BCUT2D eigenvalue weighted by Crippen LogP contribution is -2.44. The van der Waals surface area contributed by atoms with Crippen LogP contribution in [0.15, 0.2) is 47.4 Å². The molecule has 180 valence electrons. The highest BCUT2D eigenvalue weighted by atomic mass is 32.2. The fourth-order valence-corrected chi connectivity index (χ4v) is 4.72. The summed E-state index contributed by atoms with van der Waals surface area (Å²) in [5.41, 5.74) is 0.449. The molecule has 1 aliphatic rings. The number of nitrogens with zero attached hydrogens (tertiary/aromatic N) is 1. The molecule has 0 unspecified atom stereocenters. The molecule has 2 aromatic carbocycles. The second kappa shape index (κ2) is 10.5. The average Bonchev–Trinajstić information content (AvgIpc) is 2.78. The number of fused-ring (bicyclic) bond motifs is 1. The van der Waals surface area contributed by atoms with Gasteiger partial charge in [0.2, 0.25) is 0 Å². The van der Waals surface area contributed by atoms with E-state index in [0.717, 1.165) is 6.07 Å². The fraction of sp³-hybridized carbons (Fsp3) is 0.435. The Morgan fingerprint density at radius 2 is 1.94 bits per heavy atom. The molecule has 0 spiro atoms. The molecule has 33 heavy (non-hydrogen) atoms. The number of halogens is 1. The molecule has 1 heterocycles. The van der Waals surface area contributed by atoms with Crippen molar-refractivity contribution >= 4 is 21.6 Å². The summed E-state index contributed by atoms with van der Waals surface area (Å²) in [6.45, 7) is 5.34. The molecule has 0 bridgehead atoms. The minimum absolute atomic E-state index is 0.0242. The molecule has 1 aliphatic heterocycles. The lowest BCUT2D eigenvalue weighted by Gasteiger charge is -2.30. The second-order valence-electron chi connectivity index (χ2n) is 8.30. The largest absolute Gasteiger partial charge is 0.491 e.